The summed E-state index contributed by atoms with van der Waals surface area (Å²) in [5, 5.41) is 2.76. The van der Waals surface area contributed by atoms with Crippen molar-refractivity contribution >= 4 is 18.9 Å². The van der Waals surface area contributed by atoms with E-state index in [1.807, 2.05) is 32.9 Å². The van der Waals surface area contributed by atoms with E-state index in [0.29, 0.717) is 11.7 Å². The number of amides is 1. The van der Waals surface area contributed by atoms with E-state index >= 15 is 0 Å². The molecule has 0 radical (unpaired) electrons. The molecule has 1 aromatic carbocycles. The Kier molecular flexibility index (Phi) is 4.64. The van der Waals surface area contributed by atoms with Crippen LogP contribution >= 0.6 is 0 Å². The molecule has 26 heavy (non-hydrogen) atoms. The topological polar surface area (TPSA) is 56.8 Å². The summed E-state index contributed by atoms with van der Waals surface area (Å²) in [5.41, 5.74) is 0.904. The summed E-state index contributed by atoms with van der Waals surface area (Å²) in [6, 6.07) is 7.95. The first kappa shape index (κ1) is 19.2. The zero-order valence-corrected chi connectivity index (χ0v) is 16.9. The van der Waals surface area contributed by atoms with Crippen molar-refractivity contribution in [3.8, 4) is 0 Å². The highest BCUT2D eigenvalue weighted by Crippen LogP contribution is 2.58. The maximum Gasteiger partial charge on any atom is 0.461 e. The minimum atomic E-state index is -0.506. The molecule has 142 valence electrons. The van der Waals surface area contributed by atoms with Crippen LogP contribution in [0.3, 0.4) is 0 Å². The fraction of sp³-hybridized carbons (Fsp3) is 0.650. The molecule has 2 unspecified atom stereocenters. The lowest BCUT2D eigenvalue weighted by molar-refractivity contribution is 0.00578. The second-order valence-electron chi connectivity index (χ2n) is 9.38. The number of benzene rings is 1. The van der Waals surface area contributed by atoms with Crippen LogP contribution in [0.4, 0.5) is 10.5 Å². The summed E-state index contributed by atoms with van der Waals surface area (Å²) in [5.74, 6) is 0.834. The summed E-state index contributed by atoms with van der Waals surface area (Å²) in [6.07, 6.45) is 0.627. The van der Waals surface area contributed by atoms with Gasteiger partial charge in [0.25, 0.3) is 0 Å². The monoisotopic (exact) mass is 359 g/mol. The Bertz CT molecular complexity index is 662. The van der Waals surface area contributed by atoms with Gasteiger partial charge in [-0.15, -0.1) is 0 Å². The van der Waals surface area contributed by atoms with Crippen molar-refractivity contribution in [3.05, 3.63) is 29.8 Å². The summed E-state index contributed by atoms with van der Waals surface area (Å²) in [4.78, 5) is 11.8. The van der Waals surface area contributed by atoms with E-state index in [1.54, 1.807) is 0 Å². The highest BCUT2D eigenvalue weighted by Gasteiger charge is 2.59. The van der Waals surface area contributed by atoms with Crippen LogP contribution in [0.5, 0.6) is 0 Å². The second kappa shape index (κ2) is 6.27. The first-order valence-electron chi connectivity index (χ1n) is 9.34. The molecular weight excluding hydrogens is 329 g/mol. The molecule has 1 saturated heterocycles. The van der Waals surface area contributed by atoms with Crippen molar-refractivity contribution in [2.24, 2.45) is 0 Å². The normalized spacial score (nSPS) is 26.5. The molecule has 0 bridgehead atoms. The Hall–Kier alpha value is -1.53. The van der Waals surface area contributed by atoms with Crippen LogP contribution < -0.4 is 5.32 Å². The second-order valence-corrected chi connectivity index (χ2v) is 9.38. The maximum atomic E-state index is 11.8. The predicted molar refractivity (Wildman–Crippen MR) is 103 cm³/mol. The number of ether oxygens (including phenoxy) is 1. The van der Waals surface area contributed by atoms with E-state index in [2.05, 4.69) is 45.1 Å². The van der Waals surface area contributed by atoms with Crippen molar-refractivity contribution in [2.45, 2.75) is 83.4 Å². The van der Waals surface area contributed by atoms with Gasteiger partial charge in [0.15, 0.2) is 0 Å². The van der Waals surface area contributed by atoms with Gasteiger partial charge in [0.2, 0.25) is 0 Å². The lowest BCUT2D eigenvalue weighted by Crippen LogP contribution is -2.41. The lowest BCUT2D eigenvalue weighted by atomic mass is 9.79. The maximum absolute atomic E-state index is 11.8. The minimum absolute atomic E-state index is 0.149. The number of carbonyl (C=O) groups is 1. The van der Waals surface area contributed by atoms with E-state index in [4.69, 9.17) is 14.0 Å². The summed E-state index contributed by atoms with van der Waals surface area (Å²) < 4.78 is 17.6. The smallest absolute Gasteiger partial charge is 0.444 e. The van der Waals surface area contributed by atoms with Gasteiger partial charge in [-0.05, 0) is 78.5 Å². The molecule has 1 heterocycles. The van der Waals surface area contributed by atoms with Crippen molar-refractivity contribution < 1.29 is 18.8 Å². The SMILES string of the molecule is CC(C)(C)OC(=O)Nc1ccc(C2CC2B2OC(C)(C)C(C)(C)O2)cc1. The third kappa shape index (κ3) is 4.07. The van der Waals surface area contributed by atoms with Gasteiger partial charge in [-0.3, -0.25) is 5.32 Å². The van der Waals surface area contributed by atoms with Crippen molar-refractivity contribution in [1.29, 1.82) is 0 Å². The fourth-order valence-electron chi connectivity index (χ4n) is 3.20. The zero-order chi connectivity index (χ0) is 19.3. The van der Waals surface area contributed by atoms with Crippen LogP contribution in [0.25, 0.3) is 0 Å². The predicted octanol–water partition coefficient (Wildman–Crippen LogP) is 4.98. The standard InChI is InChI=1S/C20H30BNO4/c1-18(2,3)24-17(23)22-14-10-8-13(9-11-14)15-12-16(15)21-25-19(4,5)20(6,7)26-21/h8-11,15-16H,12H2,1-7H3,(H,22,23). The minimum Gasteiger partial charge on any atom is -0.444 e. The molecular formula is C20H30BNO4. The van der Waals surface area contributed by atoms with Crippen LogP contribution in [-0.2, 0) is 14.0 Å². The molecule has 1 N–H and O–H groups in total. The Morgan fingerprint density at radius 1 is 1.12 bits per heavy atom. The van der Waals surface area contributed by atoms with Crippen LogP contribution in [0.1, 0.15) is 66.4 Å². The average Bonchev–Trinajstić information content (AvgIpc) is 3.21. The number of nitrogens with one attached hydrogen (secondary N) is 1. The Morgan fingerprint density at radius 2 is 1.65 bits per heavy atom. The number of rotatable bonds is 3. The molecule has 1 saturated carbocycles. The highest BCUT2D eigenvalue weighted by molar-refractivity contribution is 6.49. The quantitative estimate of drug-likeness (QED) is 0.773. The molecule has 3 rings (SSSR count). The van der Waals surface area contributed by atoms with E-state index < -0.39 is 11.7 Å². The van der Waals surface area contributed by atoms with E-state index in [0.717, 1.165) is 12.1 Å². The van der Waals surface area contributed by atoms with Crippen molar-refractivity contribution in [1.82, 2.24) is 0 Å². The third-order valence-corrected chi connectivity index (χ3v) is 5.44. The van der Waals surface area contributed by atoms with Gasteiger partial charge in [-0.1, -0.05) is 12.1 Å². The molecule has 1 aliphatic carbocycles. The van der Waals surface area contributed by atoms with E-state index in [9.17, 15) is 4.79 Å². The largest absolute Gasteiger partial charge is 0.461 e. The zero-order valence-electron chi connectivity index (χ0n) is 16.9. The number of hydrogen-bond acceptors (Lipinski definition) is 4. The van der Waals surface area contributed by atoms with E-state index in [-0.39, 0.29) is 18.3 Å². The van der Waals surface area contributed by atoms with Gasteiger partial charge in [0.1, 0.15) is 5.60 Å². The van der Waals surface area contributed by atoms with Crippen LogP contribution in [-0.4, -0.2) is 30.0 Å². The van der Waals surface area contributed by atoms with Crippen LogP contribution in [0.2, 0.25) is 5.82 Å². The molecule has 0 aromatic heterocycles. The first-order valence-corrected chi connectivity index (χ1v) is 9.34. The number of carbonyl (C=O) groups excluding carboxylic acids is 1. The Labute approximate surface area is 156 Å². The van der Waals surface area contributed by atoms with E-state index in [1.165, 1.54) is 5.56 Å². The van der Waals surface area contributed by atoms with Gasteiger partial charge in [0, 0.05) is 11.5 Å². The number of anilines is 1. The van der Waals surface area contributed by atoms with Crippen molar-refractivity contribution in [3.63, 3.8) is 0 Å². The fourth-order valence-corrected chi connectivity index (χ4v) is 3.20. The summed E-state index contributed by atoms with van der Waals surface area (Å²) in [7, 11) is -0.149. The van der Waals surface area contributed by atoms with Crippen LogP contribution in [0, 0.1) is 0 Å². The van der Waals surface area contributed by atoms with Gasteiger partial charge in [-0.25, -0.2) is 4.79 Å². The molecule has 2 fully saturated rings. The molecule has 1 aromatic rings. The van der Waals surface area contributed by atoms with Gasteiger partial charge in [-0.2, -0.15) is 0 Å². The molecule has 1 amide bonds. The molecule has 0 spiro atoms. The first-order chi connectivity index (χ1) is 11.9. The van der Waals surface area contributed by atoms with Crippen LogP contribution in [0.15, 0.2) is 24.3 Å². The Morgan fingerprint density at radius 3 is 2.15 bits per heavy atom. The van der Waals surface area contributed by atoms with Gasteiger partial charge >= 0.3 is 13.2 Å². The van der Waals surface area contributed by atoms with Gasteiger partial charge in [0.05, 0.1) is 11.2 Å². The molecule has 2 atom stereocenters. The lowest BCUT2D eigenvalue weighted by Gasteiger charge is -2.32. The molecule has 6 heteroatoms. The average molecular weight is 359 g/mol. The summed E-state index contributed by atoms with van der Waals surface area (Å²) in [6.45, 7) is 13.9. The third-order valence-electron chi connectivity index (χ3n) is 5.44. The Balaban J connectivity index is 1.57. The highest BCUT2D eigenvalue weighted by atomic mass is 16.7. The number of hydrogen-bond donors (Lipinski definition) is 1. The van der Waals surface area contributed by atoms with Crippen molar-refractivity contribution in [2.75, 3.05) is 5.32 Å². The molecule has 5 nitrogen and oxygen atoms in total. The molecule has 2 aliphatic rings. The van der Waals surface area contributed by atoms with Gasteiger partial charge < -0.3 is 14.0 Å². The molecule has 1 aliphatic heterocycles. The summed E-state index contributed by atoms with van der Waals surface area (Å²) >= 11 is 0.